The van der Waals surface area contributed by atoms with Gasteiger partial charge in [-0.15, -0.1) is 6.42 Å². The minimum atomic E-state index is -0.911. The summed E-state index contributed by atoms with van der Waals surface area (Å²) in [5.41, 5.74) is -0.911. The molecule has 1 heterocycles. The van der Waals surface area contributed by atoms with Gasteiger partial charge in [0.05, 0.1) is 0 Å². The molecular formula is C13H21NO. The zero-order valence-electron chi connectivity index (χ0n) is 9.90. The maximum Gasteiger partial charge on any atom is 0.130 e. The lowest BCUT2D eigenvalue weighted by Gasteiger charge is -2.44. The highest BCUT2D eigenvalue weighted by molar-refractivity contribution is 5.13. The number of likely N-dealkylation sites (tertiary alicyclic amines) is 1. The average Bonchev–Trinajstić information content (AvgIpc) is 2.21. The van der Waals surface area contributed by atoms with Crippen molar-refractivity contribution in [3.63, 3.8) is 0 Å². The summed E-state index contributed by atoms with van der Waals surface area (Å²) in [5, 5.41) is 10.2. The van der Waals surface area contributed by atoms with Crippen molar-refractivity contribution in [2.75, 3.05) is 13.1 Å². The largest absolute Gasteiger partial charge is 0.377 e. The first-order valence-electron chi connectivity index (χ1n) is 5.59. The number of aliphatic hydroxyl groups is 1. The van der Waals surface area contributed by atoms with E-state index in [1.807, 2.05) is 13.8 Å². The van der Waals surface area contributed by atoms with Gasteiger partial charge in [0.2, 0.25) is 0 Å². The number of allylic oxidation sites excluding steroid dienone is 1. The van der Waals surface area contributed by atoms with Crippen molar-refractivity contribution >= 4 is 0 Å². The van der Waals surface area contributed by atoms with Crippen molar-refractivity contribution in [2.24, 2.45) is 5.92 Å². The molecule has 15 heavy (non-hydrogen) atoms. The van der Waals surface area contributed by atoms with Crippen LogP contribution in [0.5, 0.6) is 0 Å². The molecule has 1 rings (SSSR count). The third-order valence-corrected chi connectivity index (χ3v) is 3.38. The van der Waals surface area contributed by atoms with Crippen molar-refractivity contribution in [2.45, 2.75) is 38.8 Å². The van der Waals surface area contributed by atoms with Crippen LogP contribution in [0.25, 0.3) is 0 Å². The van der Waals surface area contributed by atoms with Gasteiger partial charge in [-0.3, -0.25) is 4.90 Å². The van der Waals surface area contributed by atoms with E-state index in [1.54, 1.807) is 0 Å². The first-order chi connectivity index (χ1) is 7.03. The topological polar surface area (TPSA) is 23.5 Å². The molecule has 1 N–H and O–H groups in total. The van der Waals surface area contributed by atoms with Gasteiger partial charge in [-0.25, -0.2) is 0 Å². The van der Waals surface area contributed by atoms with Crippen LogP contribution in [0.4, 0.5) is 0 Å². The normalized spacial score (nSPS) is 38.1. The van der Waals surface area contributed by atoms with Crippen LogP contribution in [-0.2, 0) is 0 Å². The second-order valence-electron chi connectivity index (χ2n) is 4.55. The highest BCUT2D eigenvalue weighted by Crippen LogP contribution is 2.30. The van der Waals surface area contributed by atoms with Crippen molar-refractivity contribution in [3.05, 3.63) is 12.2 Å². The number of nitrogens with zero attached hydrogens (tertiary/aromatic N) is 1. The predicted octanol–water partition coefficient (Wildman–Crippen LogP) is 1.66. The summed E-state index contributed by atoms with van der Waals surface area (Å²) in [7, 11) is 0. The van der Waals surface area contributed by atoms with Crippen LogP contribution in [0, 0.1) is 18.3 Å². The van der Waals surface area contributed by atoms with Gasteiger partial charge in [-0.1, -0.05) is 25.0 Å². The van der Waals surface area contributed by atoms with E-state index in [0.29, 0.717) is 12.5 Å². The van der Waals surface area contributed by atoms with Crippen LogP contribution in [-0.4, -0.2) is 34.7 Å². The summed E-state index contributed by atoms with van der Waals surface area (Å²) in [6.07, 6.45) is 10.3. The Balaban J connectivity index is 2.67. The van der Waals surface area contributed by atoms with Crippen LogP contribution in [0.3, 0.4) is 0 Å². The van der Waals surface area contributed by atoms with Crippen molar-refractivity contribution in [1.29, 1.82) is 0 Å². The summed E-state index contributed by atoms with van der Waals surface area (Å²) < 4.78 is 0. The quantitative estimate of drug-likeness (QED) is 0.550. The van der Waals surface area contributed by atoms with Crippen molar-refractivity contribution in [1.82, 2.24) is 4.90 Å². The first kappa shape index (κ1) is 12.3. The van der Waals surface area contributed by atoms with Gasteiger partial charge in [0.15, 0.2) is 0 Å². The van der Waals surface area contributed by atoms with Crippen LogP contribution in [0.15, 0.2) is 12.2 Å². The van der Waals surface area contributed by atoms with Gasteiger partial charge in [0, 0.05) is 31.5 Å². The molecule has 0 amide bonds. The summed E-state index contributed by atoms with van der Waals surface area (Å²) in [6.45, 7) is 7.98. The smallest absolute Gasteiger partial charge is 0.130 e. The van der Waals surface area contributed by atoms with Gasteiger partial charge < -0.3 is 5.11 Å². The summed E-state index contributed by atoms with van der Waals surface area (Å²) in [4.78, 5) is 2.36. The Hall–Kier alpha value is -0.780. The Labute approximate surface area is 93.0 Å². The molecule has 3 atom stereocenters. The second kappa shape index (κ2) is 4.83. The van der Waals surface area contributed by atoms with Crippen LogP contribution < -0.4 is 0 Å². The van der Waals surface area contributed by atoms with Crippen LogP contribution in [0.1, 0.15) is 27.2 Å². The van der Waals surface area contributed by atoms with Gasteiger partial charge in [-0.05, 0) is 13.8 Å². The molecule has 0 radical (unpaired) electrons. The van der Waals surface area contributed by atoms with E-state index in [4.69, 9.17) is 6.42 Å². The number of rotatable bonds is 2. The maximum absolute atomic E-state index is 10.2. The van der Waals surface area contributed by atoms with E-state index in [1.165, 1.54) is 0 Å². The van der Waals surface area contributed by atoms with Gasteiger partial charge in [-0.2, -0.15) is 0 Å². The fourth-order valence-corrected chi connectivity index (χ4v) is 2.16. The fraction of sp³-hybridized carbons (Fsp3) is 0.692. The van der Waals surface area contributed by atoms with Crippen LogP contribution in [0.2, 0.25) is 0 Å². The van der Waals surface area contributed by atoms with Crippen LogP contribution >= 0.6 is 0 Å². The molecule has 3 unspecified atom stereocenters. The Bertz CT molecular complexity index is 279. The molecule has 1 saturated heterocycles. The third kappa shape index (κ3) is 2.62. The SMILES string of the molecule is C#CC1(O)CC(C)N(CC=CC)CC1C. The Morgan fingerprint density at radius 2 is 2.27 bits per heavy atom. The number of terminal acetylenes is 1. The summed E-state index contributed by atoms with van der Waals surface area (Å²) in [6, 6.07) is 0.346. The minimum Gasteiger partial charge on any atom is -0.377 e. The van der Waals surface area contributed by atoms with E-state index < -0.39 is 5.60 Å². The van der Waals surface area contributed by atoms with E-state index in [0.717, 1.165) is 13.1 Å². The first-order valence-corrected chi connectivity index (χ1v) is 5.59. The lowest BCUT2D eigenvalue weighted by molar-refractivity contribution is -0.0393. The fourth-order valence-electron chi connectivity index (χ4n) is 2.16. The highest BCUT2D eigenvalue weighted by atomic mass is 16.3. The minimum absolute atomic E-state index is 0.143. The maximum atomic E-state index is 10.2. The molecule has 84 valence electrons. The summed E-state index contributed by atoms with van der Waals surface area (Å²) in [5.74, 6) is 2.69. The van der Waals surface area contributed by atoms with E-state index in [2.05, 4.69) is 29.9 Å². The highest BCUT2D eigenvalue weighted by Gasteiger charge is 2.40. The lowest BCUT2D eigenvalue weighted by atomic mass is 9.79. The van der Waals surface area contributed by atoms with Gasteiger partial charge in [0.25, 0.3) is 0 Å². The zero-order chi connectivity index (χ0) is 11.5. The average molecular weight is 207 g/mol. The van der Waals surface area contributed by atoms with Crippen molar-refractivity contribution < 1.29 is 5.11 Å². The molecule has 2 heteroatoms. The second-order valence-corrected chi connectivity index (χ2v) is 4.55. The van der Waals surface area contributed by atoms with Gasteiger partial charge in [0.1, 0.15) is 5.60 Å². The molecular weight excluding hydrogens is 186 g/mol. The van der Waals surface area contributed by atoms with E-state index in [9.17, 15) is 5.11 Å². The Morgan fingerprint density at radius 1 is 1.60 bits per heavy atom. The van der Waals surface area contributed by atoms with E-state index >= 15 is 0 Å². The molecule has 0 saturated carbocycles. The lowest BCUT2D eigenvalue weighted by Crippen LogP contribution is -2.54. The number of piperidine rings is 1. The third-order valence-electron chi connectivity index (χ3n) is 3.38. The predicted molar refractivity (Wildman–Crippen MR) is 63.4 cm³/mol. The Morgan fingerprint density at radius 3 is 2.80 bits per heavy atom. The molecule has 0 aromatic carbocycles. The van der Waals surface area contributed by atoms with Crippen molar-refractivity contribution in [3.8, 4) is 12.3 Å². The monoisotopic (exact) mass is 207 g/mol. The number of hydrogen-bond donors (Lipinski definition) is 1. The molecule has 2 nitrogen and oxygen atoms in total. The number of hydrogen-bond acceptors (Lipinski definition) is 2. The molecule has 0 aliphatic carbocycles. The molecule has 1 aliphatic rings. The van der Waals surface area contributed by atoms with Gasteiger partial charge >= 0.3 is 0 Å². The molecule has 0 bridgehead atoms. The zero-order valence-corrected chi connectivity index (χ0v) is 9.90. The molecule has 1 fully saturated rings. The Kier molecular flexibility index (Phi) is 3.96. The molecule has 0 aromatic rings. The van der Waals surface area contributed by atoms with E-state index in [-0.39, 0.29) is 5.92 Å². The molecule has 1 aliphatic heterocycles. The summed E-state index contributed by atoms with van der Waals surface area (Å²) >= 11 is 0. The molecule has 0 spiro atoms. The standard InChI is InChI=1S/C13H21NO/c1-5-7-8-14-10-11(3)13(15,6-2)9-12(14)4/h2,5,7,11-12,15H,8-10H2,1,3-4H3. The molecule has 0 aromatic heterocycles.